The van der Waals surface area contributed by atoms with Gasteiger partial charge in [0, 0.05) is 29.0 Å². The molecule has 0 bridgehead atoms. The Hall–Kier alpha value is -0.940. The van der Waals surface area contributed by atoms with E-state index >= 15 is 0 Å². The maximum Gasteiger partial charge on any atom is 0.253 e. The van der Waals surface area contributed by atoms with Crippen LogP contribution in [-0.2, 0) is 0 Å². The summed E-state index contributed by atoms with van der Waals surface area (Å²) in [5.74, 6) is -0.167. The molecule has 1 aromatic rings. The molecule has 0 fully saturated rings. The van der Waals surface area contributed by atoms with Crippen molar-refractivity contribution in [1.29, 1.82) is 0 Å². The summed E-state index contributed by atoms with van der Waals surface area (Å²) in [5.41, 5.74) is 5.64. The first-order valence-corrected chi connectivity index (χ1v) is 5.37. The van der Waals surface area contributed by atoms with Gasteiger partial charge in [-0.2, -0.15) is 0 Å². The van der Waals surface area contributed by atoms with Crippen LogP contribution in [0.4, 0.5) is 0 Å². The van der Waals surface area contributed by atoms with E-state index in [2.05, 4.69) is 26.2 Å². The number of rotatable bonds is 3. The smallest absolute Gasteiger partial charge is 0.253 e. The van der Waals surface area contributed by atoms with Crippen molar-refractivity contribution in [2.75, 3.05) is 6.54 Å². The Morgan fingerprint density at radius 2 is 2.27 bits per heavy atom. The zero-order valence-electron chi connectivity index (χ0n) is 8.75. The van der Waals surface area contributed by atoms with Crippen LogP contribution in [0.5, 0.6) is 0 Å². The molecule has 1 rings (SSSR count). The van der Waals surface area contributed by atoms with Crippen LogP contribution in [0.25, 0.3) is 0 Å². The maximum absolute atomic E-state index is 11.7. The Morgan fingerprint density at radius 1 is 1.60 bits per heavy atom. The number of nitrogens with one attached hydrogen (secondary N) is 1. The third-order valence-electron chi connectivity index (χ3n) is 1.93. The number of pyridine rings is 1. The molecule has 1 aromatic heterocycles. The summed E-state index contributed by atoms with van der Waals surface area (Å²) >= 11 is 3.26. The molecule has 15 heavy (non-hydrogen) atoms. The molecule has 3 N–H and O–H groups in total. The molecular formula is C10H14BrN3O. The third-order valence-corrected chi connectivity index (χ3v) is 2.36. The fraction of sp³-hybridized carbons (Fsp3) is 0.400. The van der Waals surface area contributed by atoms with Crippen molar-refractivity contribution in [3.63, 3.8) is 0 Å². The average molecular weight is 272 g/mol. The zero-order chi connectivity index (χ0) is 11.5. The summed E-state index contributed by atoms with van der Waals surface area (Å²) in [5, 5.41) is 2.82. The van der Waals surface area contributed by atoms with Crippen molar-refractivity contribution in [2.24, 2.45) is 5.73 Å². The van der Waals surface area contributed by atoms with Crippen LogP contribution in [-0.4, -0.2) is 23.0 Å². The molecule has 0 aliphatic heterocycles. The molecule has 0 saturated heterocycles. The molecule has 0 saturated carbocycles. The highest BCUT2D eigenvalue weighted by Crippen LogP contribution is 2.10. The van der Waals surface area contributed by atoms with Crippen LogP contribution >= 0.6 is 15.9 Å². The number of hydrogen-bond acceptors (Lipinski definition) is 3. The number of halogens is 1. The predicted molar refractivity (Wildman–Crippen MR) is 62.5 cm³/mol. The Kier molecular flexibility index (Phi) is 3.82. The molecule has 0 atom stereocenters. The highest BCUT2D eigenvalue weighted by molar-refractivity contribution is 9.10. The number of amides is 1. The van der Waals surface area contributed by atoms with Crippen LogP contribution < -0.4 is 11.1 Å². The fourth-order valence-corrected chi connectivity index (χ4v) is 1.33. The lowest BCUT2D eigenvalue weighted by molar-refractivity contribution is 0.0915. The standard InChI is InChI=1S/C10H14BrN3O/c1-10(2,6-12)14-9(15)7-3-8(11)5-13-4-7/h3-5H,6,12H2,1-2H3,(H,14,15). The molecule has 0 aromatic carbocycles. The predicted octanol–water partition coefficient (Wildman–Crippen LogP) is 1.31. The van der Waals surface area contributed by atoms with Gasteiger partial charge in [-0.15, -0.1) is 0 Å². The number of hydrogen-bond donors (Lipinski definition) is 2. The van der Waals surface area contributed by atoms with Crippen LogP contribution in [0.1, 0.15) is 24.2 Å². The molecule has 0 radical (unpaired) electrons. The van der Waals surface area contributed by atoms with E-state index in [4.69, 9.17) is 5.73 Å². The summed E-state index contributed by atoms with van der Waals surface area (Å²) in [4.78, 5) is 15.7. The van der Waals surface area contributed by atoms with Crippen LogP contribution in [0.15, 0.2) is 22.9 Å². The first-order valence-electron chi connectivity index (χ1n) is 4.58. The lowest BCUT2D eigenvalue weighted by Gasteiger charge is -2.24. The van der Waals surface area contributed by atoms with E-state index in [1.807, 2.05) is 13.8 Å². The molecule has 5 heteroatoms. The van der Waals surface area contributed by atoms with Crippen molar-refractivity contribution >= 4 is 21.8 Å². The van der Waals surface area contributed by atoms with Crippen molar-refractivity contribution in [1.82, 2.24) is 10.3 Å². The van der Waals surface area contributed by atoms with E-state index in [0.717, 1.165) is 4.47 Å². The number of carbonyl (C=O) groups is 1. The van der Waals surface area contributed by atoms with Gasteiger partial charge in [0.2, 0.25) is 0 Å². The van der Waals surface area contributed by atoms with E-state index in [-0.39, 0.29) is 5.91 Å². The van der Waals surface area contributed by atoms with Gasteiger partial charge >= 0.3 is 0 Å². The van der Waals surface area contributed by atoms with Gasteiger partial charge in [-0.3, -0.25) is 9.78 Å². The normalized spacial score (nSPS) is 11.2. The van der Waals surface area contributed by atoms with Gasteiger partial charge in [0.15, 0.2) is 0 Å². The molecular weight excluding hydrogens is 258 g/mol. The quantitative estimate of drug-likeness (QED) is 0.871. The SMILES string of the molecule is CC(C)(CN)NC(=O)c1cncc(Br)c1. The second-order valence-electron chi connectivity index (χ2n) is 3.93. The van der Waals surface area contributed by atoms with Crippen molar-refractivity contribution in [3.05, 3.63) is 28.5 Å². The van der Waals surface area contributed by atoms with Gasteiger partial charge in [0.25, 0.3) is 5.91 Å². The minimum Gasteiger partial charge on any atom is -0.346 e. The first-order chi connectivity index (χ1) is 6.94. The van der Waals surface area contributed by atoms with Gasteiger partial charge in [-0.05, 0) is 35.8 Å². The molecule has 0 unspecified atom stereocenters. The second-order valence-corrected chi connectivity index (χ2v) is 4.85. The molecule has 1 heterocycles. The van der Waals surface area contributed by atoms with Gasteiger partial charge in [0.05, 0.1) is 5.56 Å². The molecule has 1 amide bonds. The first kappa shape index (κ1) is 12.1. The van der Waals surface area contributed by atoms with E-state index in [1.165, 1.54) is 6.20 Å². The third kappa shape index (κ3) is 3.60. The number of nitrogens with zero attached hydrogens (tertiary/aromatic N) is 1. The second kappa shape index (κ2) is 4.72. The summed E-state index contributed by atoms with van der Waals surface area (Å²) in [6.45, 7) is 4.13. The number of carbonyl (C=O) groups excluding carboxylic acids is 1. The van der Waals surface area contributed by atoms with Crippen molar-refractivity contribution in [3.8, 4) is 0 Å². The highest BCUT2D eigenvalue weighted by atomic mass is 79.9. The van der Waals surface area contributed by atoms with Gasteiger partial charge < -0.3 is 11.1 Å². The Bertz CT molecular complexity index is 365. The van der Waals surface area contributed by atoms with Crippen LogP contribution in [0, 0.1) is 0 Å². The molecule has 0 aliphatic carbocycles. The Balaban J connectivity index is 2.78. The lowest BCUT2D eigenvalue weighted by atomic mass is 10.1. The van der Waals surface area contributed by atoms with E-state index < -0.39 is 5.54 Å². The summed E-state index contributed by atoms with van der Waals surface area (Å²) in [6.07, 6.45) is 3.15. The minimum atomic E-state index is -0.403. The van der Waals surface area contributed by atoms with E-state index in [9.17, 15) is 4.79 Å². The highest BCUT2D eigenvalue weighted by Gasteiger charge is 2.19. The summed E-state index contributed by atoms with van der Waals surface area (Å²) in [7, 11) is 0. The lowest BCUT2D eigenvalue weighted by Crippen LogP contribution is -2.48. The van der Waals surface area contributed by atoms with E-state index in [1.54, 1.807) is 12.3 Å². The molecule has 0 spiro atoms. The minimum absolute atomic E-state index is 0.167. The van der Waals surface area contributed by atoms with Gasteiger partial charge in [-0.1, -0.05) is 0 Å². The molecule has 4 nitrogen and oxygen atoms in total. The van der Waals surface area contributed by atoms with E-state index in [0.29, 0.717) is 12.1 Å². The monoisotopic (exact) mass is 271 g/mol. The topological polar surface area (TPSA) is 68.0 Å². The summed E-state index contributed by atoms with van der Waals surface area (Å²) in [6, 6.07) is 1.72. The Labute approximate surface area is 97.4 Å². The summed E-state index contributed by atoms with van der Waals surface area (Å²) < 4.78 is 0.778. The molecule has 0 aliphatic rings. The maximum atomic E-state index is 11.7. The van der Waals surface area contributed by atoms with Crippen LogP contribution in [0.3, 0.4) is 0 Å². The van der Waals surface area contributed by atoms with Gasteiger partial charge in [-0.25, -0.2) is 0 Å². The largest absolute Gasteiger partial charge is 0.346 e. The molecule has 82 valence electrons. The fourth-order valence-electron chi connectivity index (χ4n) is 0.967. The van der Waals surface area contributed by atoms with Crippen molar-refractivity contribution < 1.29 is 4.79 Å². The number of nitrogens with two attached hydrogens (primary N) is 1. The van der Waals surface area contributed by atoms with Crippen molar-refractivity contribution in [2.45, 2.75) is 19.4 Å². The number of aromatic nitrogens is 1. The Morgan fingerprint density at radius 3 is 2.80 bits per heavy atom. The zero-order valence-corrected chi connectivity index (χ0v) is 10.3. The van der Waals surface area contributed by atoms with Gasteiger partial charge in [0.1, 0.15) is 0 Å². The van der Waals surface area contributed by atoms with Crippen LogP contribution in [0.2, 0.25) is 0 Å². The average Bonchev–Trinajstić information content (AvgIpc) is 2.17.